The highest BCUT2D eigenvalue weighted by atomic mass is 16.3. The molecule has 1 saturated heterocycles. The summed E-state index contributed by atoms with van der Waals surface area (Å²) in [4.78, 5) is 14.1. The SMILES string of the molecule is CC1(C)CNC(=O)C(CN)N(Cc2ccco2)C1. The van der Waals surface area contributed by atoms with Gasteiger partial charge in [-0.15, -0.1) is 0 Å². The molecule has 100 valence electrons. The molecular weight excluding hydrogens is 230 g/mol. The summed E-state index contributed by atoms with van der Waals surface area (Å²) in [6, 6.07) is 3.50. The first kappa shape index (κ1) is 13.1. The van der Waals surface area contributed by atoms with Gasteiger partial charge in [-0.1, -0.05) is 13.8 Å². The van der Waals surface area contributed by atoms with Crippen molar-refractivity contribution in [2.75, 3.05) is 19.6 Å². The van der Waals surface area contributed by atoms with E-state index in [0.29, 0.717) is 19.6 Å². The summed E-state index contributed by atoms with van der Waals surface area (Å²) in [5.74, 6) is 0.869. The minimum atomic E-state index is -0.281. The zero-order chi connectivity index (χ0) is 13.2. The molecule has 0 aromatic carbocycles. The van der Waals surface area contributed by atoms with Crippen molar-refractivity contribution in [2.45, 2.75) is 26.4 Å². The molecule has 1 atom stereocenters. The second-order valence-electron chi connectivity index (χ2n) is 5.62. The Morgan fingerprint density at radius 1 is 1.61 bits per heavy atom. The van der Waals surface area contributed by atoms with Crippen LogP contribution in [-0.4, -0.2) is 36.5 Å². The normalized spacial score (nSPS) is 24.6. The van der Waals surface area contributed by atoms with E-state index in [1.807, 2.05) is 12.1 Å². The number of carbonyl (C=O) groups is 1. The summed E-state index contributed by atoms with van der Waals surface area (Å²) in [7, 11) is 0. The second-order valence-corrected chi connectivity index (χ2v) is 5.62. The van der Waals surface area contributed by atoms with Gasteiger partial charge in [-0.05, 0) is 17.5 Å². The first-order valence-electron chi connectivity index (χ1n) is 6.26. The second kappa shape index (κ2) is 5.12. The number of amides is 1. The molecule has 1 fully saturated rings. The minimum absolute atomic E-state index is 0.00892. The molecule has 0 spiro atoms. The van der Waals surface area contributed by atoms with Gasteiger partial charge >= 0.3 is 0 Å². The third kappa shape index (κ3) is 2.91. The van der Waals surface area contributed by atoms with Crippen molar-refractivity contribution in [1.82, 2.24) is 10.2 Å². The Bertz CT molecular complexity index is 400. The fraction of sp³-hybridized carbons (Fsp3) is 0.615. The highest BCUT2D eigenvalue weighted by Gasteiger charge is 2.34. The van der Waals surface area contributed by atoms with Gasteiger partial charge in [-0.25, -0.2) is 0 Å². The molecular formula is C13H21N3O2. The van der Waals surface area contributed by atoms with Crippen LogP contribution in [0.25, 0.3) is 0 Å². The molecule has 1 aromatic heterocycles. The van der Waals surface area contributed by atoms with Crippen LogP contribution in [0.1, 0.15) is 19.6 Å². The predicted octanol–water partition coefficient (Wildman–Crippen LogP) is 0.565. The van der Waals surface area contributed by atoms with E-state index >= 15 is 0 Å². The minimum Gasteiger partial charge on any atom is -0.468 e. The monoisotopic (exact) mass is 251 g/mol. The van der Waals surface area contributed by atoms with Crippen LogP contribution in [0.5, 0.6) is 0 Å². The summed E-state index contributed by atoms with van der Waals surface area (Å²) in [5.41, 5.74) is 5.77. The number of furan rings is 1. The number of hydrogen-bond donors (Lipinski definition) is 2. The van der Waals surface area contributed by atoms with Crippen molar-refractivity contribution in [3.63, 3.8) is 0 Å². The molecule has 5 heteroatoms. The highest BCUT2D eigenvalue weighted by Crippen LogP contribution is 2.22. The molecule has 2 rings (SSSR count). The van der Waals surface area contributed by atoms with Crippen molar-refractivity contribution in [1.29, 1.82) is 0 Å². The van der Waals surface area contributed by atoms with E-state index in [4.69, 9.17) is 10.2 Å². The number of carbonyl (C=O) groups excluding carboxylic acids is 1. The Balaban J connectivity index is 2.18. The van der Waals surface area contributed by atoms with Crippen LogP contribution in [0.2, 0.25) is 0 Å². The number of hydrogen-bond acceptors (Lipinski definition) is 4. The van der Waals surface area contributed by atoms with E-state index in [9.17, 15) is 4.79 Å². The predicted molar refractivity (Wildman–Crippen MR) is 68.8 cm³/mol. The van der Waals surface area contributed by atoms with Crippen molar-refractivity contribution < 1.29 is 9.21 Å². The van der Waals surface area contributed by atoms with E-state index < -0.39 is 0 Å². The largest absolute Gasteiger partial charge is 0.468 e. The molecule has 0 aliphatic carbocycles. The summed E-state index contributed by atoms with van der Waals surface area (Å²) < 4.78 is 5.36. The number of nitrogens with zero attached hydrogens (tertiary/aromatic N) is 1. The van der Waals surface area contributed by atoms with Crippen LogP contribution in [0.3, 0.4) is 0 Å². The lowest BCUT2D eigenvalue weighted by atomic mass is 9.93. The van der Waals surface area contributed by atoms with Crippen LogP contribution in [-0.2, 0) is 11.3 Å². The molecule has 2 heterocycles. The Kier molecular flexibility index (Phi) is 3.73. The lowest BCUT2D eigenvalue weighted by Gasteiger charge is -2.31. The molecule has 0 saturated carbocycles. The molecule has 1 unspecified atom stereocenters. The molecule has 0 bridgehead atoms. The van der Waals surface area contributed by atoms with E-state index in [-0.39, 0.29) is 17.4 Å². The highest BCUT2D eigenvalue weighted by molar-refractivity contribution is 5.82. The Labute approximate surface area is 107 Å². The van der Waals surface area contributed by atoms with Crippen LogP contribution in [0, 0.1) is 5.41 Å². The smallest absolute Gasteiger partial charge is 0.238 e. The molecule has 1 amide bonds. The van der Waals surface area contributed by atoms with Crippen LogP contribution in [0.4, 0.5) is 0 Å². The quantitative estimate of drug-likeness (QED) is 0.823. The zero-order valence-corrected chi connectivity index (χ0v) is 11.0. The van der Waals surface area contributed by atoms with Gasteiger partial charge in [0.2, 0.25) is 5.91 Å². The van der Waals surface area contributed by atoms with Crippen LogP contribution in [0.15, 0.2) is 22.8 Å². The van der Waals surface area contributed by atoms with Gasteiger partial charge in [0.1, 0.15) is 11.8 Å². The summed E-state index contributed by atoms with van der Waals surface area (Å²) in [6.45, 7) is 6.71. The van der Waals surface area contributed by atoms with E-state index in [1.165, 1.54) is 0 Å². The Hall–Kier alpha value is -1.33. The third-order valence-corrected chi connectivity index (χ3v) is 3.28. The third-order valence-electron chi connectivity index (χ3n) is 3.28. The van der Waals surface area contributed by atoms with Gasteiger partial charge in [-0.3, -0.25) is 9.69 Å². The lowest BCUT2D eigenvalue weighted by Crippen LogP contribution is -2.48. The van der Waals surface area contributed by atoms with Crippen molar-refractivity contribution in [2.24, 2.45) is 11.1 Å². The zero-order valence-electron chi connectivity index (χ0n) is 11.0. The molecule has 1 aliphatic rings. The molecule has 0 radical (unpaired) electrons. The van der Waals surface area contributed by atoms with E-state index in [0.717, 1.165) is 12.3 Å². The fourth-order valence-corrected chi connectivity index (χ4v) is 2.35. The van der Waals surface area contributed by atoms with Crippen molar-refractivity contribution >= 4 is 5.91 Å². The molecule has 1 aliphatic heterocycles. The summed E-state index contributed by atoms with van der Waals surface area (Å²) in [5, 5.41) is 2.95. The number of nitrogens with two attached hydrogens (primary N) is 1. The Morgan fingerprint density at radius 3 is 3.00 bits per heavy atom. The first-order valence-corrected chi connectivity index (χ1v) is 6.26. The average molecular weight is 251 g/mol. The van der Waals surface area contributed by atoms with Crippen molar-refractivity contribution in [3.8, 4) is 0 Å². The van der Waals surface area contributed by atoms with Gasteiger partial charge in [0.15, 0.2) is 0 Å². The maximum atomic E-state index is 12.0. The molecule has 3 N–H and O–H groups in total. The van der Waals surface area contributed by atoms with Crippen LogP contribution < -0.4 is 11.1 Å². The lowest BCUT2D eigenvalue weighted by molar-refractivity contribution is -0.125. The average Bonchev–Trinajstić information content (AvgIpc) is 2.76. The standard InChI is InChI=1S/C13H21N3O2/c1-13(2)8-15-12(17)11(6-14)16(9-13)7-10-4-3-5-18-10/h3-5,11H,6-9,14H2,1-2H3,(H,15,17). The van der Waals surface area contributed by atoms with Crippen LogP contribution >= 0.6 is 0 Å². The van der Waals surface area contributed by atoms with Gasteiger partial charge < -0.3 is 15.5 Å². The van der Waals surface area contributed by atoms with E-state index in [2.05, 4.69) is 24.1 Å². The molecule has 5 nitrogen and oxygen atoms in total. The summed E-state index contributed by atoms with van der Waals surface area (Å²) in [6.07, 6.45) is 1.65. The fourth-order valence-electron chi connectivity index (χ4n) is 2.35. The van der Waals surface area contributed by atoms with Gasteiger partial charge in [0.25, 0.3) is 0 Å². The first-order chi connectivity index (χ1) is 8.52. The Morgan fingerprint density at radius 2 is 2.39 bits per heavy atom. The van der Waals surface area contributed by atoms with Gasteiger partial charge in [-0.2, -0.15) is 0 Å². The van der Waals surface area contributed by atoms with Gasteiger partial charge in [0.05, 0.1) is 12.8 Å². The topological polar surface area (TPSA) is 71.5 Å². The maximum Gasteiger partial charge on any atom is 0.238 e. The van der Waals surface area contributed by atoms with Crippen molar-refractivity contribution in [3.05, 3.63) is 24.2 Å². The number of nitrogens with one attached hydrogen (secondary N) is 1. The van der Waals surface area contributed by atoms with E-state index in [1.54, 1.807) is 6.26 Å². The molecule has 1 aromatic rings. The maximum absolute atomic E-state index is 12.0. The van der Waals surface area contributed by atoms with Gasteiger partial charge in [0, 0.05) is 19.6 Å². The number of rotatable bonds is 3. The summed E-state index contributed by atoms with van der Waals surface area (Å²) >= 11 is 0. The molecule has 18 heavy (non-hydrogen) atoms.